The van der Waals surface area contributed by atoms with Crippen molar-refractivity contribution in [3.05, 3.63) is 24.3 Å². The maximum absolute atomic E-state index is 4.65. The molecule has 0 aromatic heterocycles. The molecule has 0 aromatic rings. The average Bonchev–Trinajstić information content (AvgIpc) is 2.44. The van der Waals surface area contributed by atoms with Crippen molar-refractivity contribution in [2.45, 2.75) is 26.2 Å². The minimum Gasteiger partial charge on any atom is -0.793 e. The molecule has 76 valence electrons. The molecule has 13 heavy (non-hydrogen) atoms. The van der Waals surface area contributed by atoms with Gasteiger partial charge in [0.05, 0.1) is 0 Å². The predicted octanol–water partition coefficient (Wildman–Crippen LogP) is 3.48. The molecule has 0 bridgehead atoms. The normalized spacial score (nSPS) is 10.0. The van der Waals surface area contributed by atoms with Crippen LogP contribution in [0.3, 0.4) is 0 Å². The third kappa shape index (κ3) is 24.6. The zero-order chi connectivity index (χ0) is 7.66. The summed E-state index contributed by atoms with van der Waals surface area (Å²) in [5.74, 6) is 0.927. The Morgan fingerprint density at radius 1 is 1.38 bits per heavy atom. The molecule has 1 aliphatic carbocycles. The fourth-order valence-corrected chi connectivity index (χ4v) is 0.773. The molecule has 1 rings (SSSR count). The van der Waals surface area contributed by atoms with Crippen LogP contribution in [-0.2, 0) is 34.3 Å². The maximum atomic E-state index is 4.65. The minimum atomic E-state index is 0. The van der Waals surface area contributed by atoms with E-state index in [4.69, 9.17) is 0 Å². The van der Waals surface area contributed by atoms with Gasteiger partial charge in [-0.15, -0.1) is 31.2 Å². The summed E-state index contributed by atoms with van der Waals surface area (Å²) >= 11 is 4.65. The van der Waals surface area contributed by atoms with Crippen molar-refractivity contribution in [1.82, 2.24) is 0 Å². The number of halogens is 2. The van der Waals surface area contributed by atoms with Gasteiger partial charge in [-0.05, 0) is 0 Å². The Kier molecular flexibility index (Phi) is 42.3. The molecule has 0 amide bonds. The smallest absolute Gasteiger partial charge is 0.793 e. The van der Waals surface area contributed by atoms with Crippen LogP contribution >= 0.6 is 24.8 Å². The maximum Gasteiger partial charge on any atom is 2.00 e. The Bertz CT molecular complexity index is 104. The monoisotopic (exact) mass is 274 g/mol. The first-order chi connectivity index (χ1) is 4.91. The second kappa shape index (κ2) is 23.2. The Labute approximate surface area is 115 Å². The third-order valence-electron chi connectivity index (χ3n) is 1.08. The molecular formula is C9H16Cl2STi. The zero-order valence-electron chi connectivity index (χ0n) is 7.79. The molecule has 0 radical (unpaired) electrons. The number of hydrogen-bond donors (Lipinski definition) is 0. The molecule has 0 spiro atoms. The van der Waals surface area contributed by atoms with Crippen LogP contribution in [0.1, 0.15) is 26.2 Å². The van der Waals surface area contributed by atoms with Crippen LogP contribution in [-0.4, -0.2) is 5.75 Å². The number of allylic oxidation sites excluding steroid dienone is 4. The average molecular weight is 275 g/mol. The fraction of sp³-hybridized carbons (Fsp3) is 0.556. The van der Waals surface area contributed by atoms with E-state index >= 15 is 0 Å². The van der Waals surface area contributed by atoms with E-state index in [2.05, 4.69) is 31.7 Å². The van der Waals surface area contributed by atoms with Crippen LogP contribution in [0.15, 0.2) is 18.2 Å². The molecule has 0 saturated carbocycles. The summed E-state index contributed by atoms with van der Waals surface area (Å²) < 4.78 is 0. The van der Waals surface area contributed by atoms with E-state index in [1.54, 1.807) is 0 Å². The molecule has 1 aliphatic rings. The van der Waals surface area contributed by atoms with E-state index in [-0.39, 0.29) is 46.5 Å². The molecular weight excluding hydrogens is 259 g/mol. The van der Waals surface area contributed by atoms with Crippen molar-refractivity contribution in [3.8, 4) is 0 Å². The molecule has 0 N–H and O–H groups in total. The van der Waals surface area contributed by atoms with Gasteiger partial charge in [-0.3, -0.25) is 6.08 Å². The first kappa shape index (κ1) is 23.7. The van der Waals surface area contributed by atoms with Crippen LogP contribution in [0.5, 0.6) is 0 Å². The summed E-state index contributed by atoms with van der Waals surface area (Å²) in [6, 6.07) is 0. The Morgan fingerprint density at radius 2 is 2.00 bits per heavy atom. The second-order valence-electron chi connectivity index (χ2n) is 2.06. The molecule has 0 unspecified atom stereocenters. The zero-order valence-corrected chi connectivity index (χ0v) is 11.8. The SMILES string of the molecule is CCCC[S-].Cl.Cl.[C-]1=CC=CC1.[Ti+2]. The molecule has 0 saturated heterocycles. The van der Waals surface area contributed by atoms with Gasteiger partial charge in [0, 0.05) is 0 Å². The molecule has 0 aliphatic heterocycles. The summed E-state index contributed by atoms with van der Waals surface area (Å²) in [7, 11) is 0. The largest absolute Gasteiger partial charge is 2.00 e. The Hall–Kier alpha value is 1.12. The first-order valence-electron chi connectivity index (χ1n) is 3.71. The van der Waals surface area contributed by atoms with Gasteiger partial charge in [-0.25, -0.2) is 12.2 Å². The van der Waals surface area contributed by atoms with Crippen LogP contribution < -0.4 is 0 Å². The molecule has 0 fully saturated rings. The second-order valence-corrected chi connectivity index (χ2v) is 2.47. The van der Waals surface area contributed by atoms with Crippen molar-refractivity contribution < 1.29 is 21.7 Å². The Balaban J connectivity index is -0.0000000506. The minimum absolute atomic E-state index is 0. The predicted molar refractivity (Wildman–Crippen MR) is 63.2 cm³/mol. The van der Waals surface area contributed by atoms with Gasteiger partial charge >= 0.3 is 21.7 Å². The quantitative estimate of drug-likeness (QED) is 0.422. The van der Waals surface area contributed by atoms with Crippen LogP contribution in [0.4, 0.5) is 0 Å². The van der Waals surface area contributed by atoms with E-state index in [9.17, 15) is 0 Å². The van der Waals surface area contributed by atoms with Gasteiger partial charge < -0.3 is 12.6 Å². The van der Waals surface area contributed by atoms with Gasteiger partial charge in [0.2, 0.25) is 0 Å². The first-order valence-corrected chi connectivity index (χ1v) is 4.29. The van der Waals surface area contributed by atoms with Gasteiger partial charge in [0.25, 0.3) is 0 Å². The van der Waals surface area contributed by atoms with Crippen LogP contribution in [0.25, 0.3) is 0 Å². The third-order valence-corrected chi connectivity index (χ3v) is 1.37. The van der Waals surface area contributed by atoms with Gasteiger partial charge in [-0.1, -0.05) is 19.8 Å². The van der Waals surface area contributed by atoms with Gasteiger partial charge in [0.15, 0.2) is 0 Å². The van der Waals surface area contributed by atoms with Crippen molar-refractivity contribution in [2.24, 2.45) is 0 Å². The number of rotatable bonds is 2. The fourth-order valence-electron chi connectivity index (χ4n) is 0.485. The molecule has 0 aromatic carbocycles. The summed E-state index contributed by atoms with van der Waals surface area (Å²) in [5.41, 5.74) is 0. The number of unbranched alkanes of at least 4 members (excludes halogenated alkanes) is 1. The molecule has 0 atom stereocenters. The van der Waals surface area contributed by atoms with Crippen molar-refractivity contribution in [3.63, 3.8) is 0 Å². The van der Waals surface area contributed by atoms with Gasteiger partial charge in [0.1, 0.15) is 0 Å². The van der Waals surface area contributed by atoms with E-state index in [0.29, 0.717) is 0 Å². The van der Waals surface area contributed by atoms with Gasteiger partial charge in [-0.2, -0.15) is 11.8 Å². The van der Waals surface area contributed by atoms with E-state index in [1.807, 2.05) is 12.2 Å². The van der Waals surface area contributed by atoms with E-state index in [0.717, 1.165) is 12.2 Å². The molecule has 4 heteroatoms. The molecule has 0 nitrogen and oxygen atoms in total. The Morgan fingerprint density at radius 3 is 2.08 bits per heavy atom. The number of hydrogen-bond acceptors (Lipinski definition) is 1. The summed E-state index contributed by atoms with van der Waals surface area (Å²) in [6.07, 6.45) is 12.4. The topological polar surface area (TPSA) is 0 Å². The standard InChI is InChI=1S/C5H5.C4H10S.2ClH.Ti/c1-2-4-5-3-1;1-2-3-4-5;;;/h1-3H,4H2;5H,2-4H2,1H3;2*1H;/q-1;;;;+2/p-1. The molecule has 0 heterocycles. The van der Waals surface area contributed by atoms with Crippen LogP contribution in [0, 0.1) is 6.08 Å². The summed E-state index contributed by atoms with van der Waals surface area (Å²) in [5, 5.41) is 0. The van der Waals surface area contributed by atoms with Crippen molar-refractivity contribution in [1.29, 1.82) is 0 Å². The van der Waals surface area contributed by atoms with Crippen LogP contribution in [0.2, 0.25) is 0 Å². The van der Waals surface area contributed by atoms with Crippen molar-refractivity contribution in [2.75, 3.05) is 5.75 Å². The van der Waals surface area contributed by atoms with Crippen molar-refractivity contribution >= 4 is 37.4 Å². The van der Waals surface area contributed by atoms with E-state index in [1.165, 1.54) is 12.8 Å². The summed E-state index contributed by atoms with van der Waals surface area (Å²) in [4.78, 5) is 0. The summed E-state index contributed by atoms with van der Waals surface area (Å²) in [6.45, 7) is 2.15. The van der Waals surface area contributed by atoms with E-state index < -0.39 is 0 Å².